The van der Waals surface area contributed by atoms with E-state index < -0.39 is 11.8 Å². The van der Waals surface area contributed by atoms with Crippen molar-refractivity contribution >= 4 is 23.4 Å². The highest BCUT2D eigenvalue weighted by Crippen LogP contribution is 2.29. The van der Waals surface area contributed by atoms with Gasteiger partial charge in [0, 0.05) is 17.7 Å². The summed E-state index contributed by atoms with van der Waals surface area (Å²) in [4.78, 5) is 35.6. The van der Waals surface area contributed by atoms with E-state index in [4.69, 9.17) is 4.74 Å². The van der Waals surface area contributed by atoms with E-state index in [9.17, 15) is 14.4 Å². The molecule has 1 fully saturated rings. The predicted octanol–water partition coefficient (Wildman–Crippen LogP) is 3.49. The lowest BCUT2D eigenvalue weighted by atomic mass is 10.1. The van der Waals surface area contributed by atoms with E-state index in [-0.39, 0.29) is 11.8 Å². The molecule has 0 atom stereocenters. The molecule has 1 heterocycles. The van der Waals surface area contributed by atoms with Gasteiger partial charge in [-0.3, -0.25) is 19.7 Å². The summed E-state index contributed by atoms with van der Waals surface area (Å²) in [5.41, 5.74) is 1.33. The first-order chi connectivity index (χ1) is 12.6. The molecule has 6 nitrogen and oxygen atoms in total. The van der Waals surface area contributed by atoms with Gasteiger partial charge in [0.15, 0.2) is 0 Å². The molecule has 2 aromatic carbocycles. The Bertz CT molecular complexity index is 900. The third-order valence-corrected chi connectivity index (χ3v) is 4.77. The summed E-state index contributed by atoms with van der Waals surface area (Å²) in [6.45, 7) is 0. The minimum Gasteiger partial charge on any atom is -0.457 e. The minimum absolute atomic E-state index is 0.0485. The lowest BCUT2D eigenvalue weighted by molar-refractivity contribution is -0.119. The number of benzene rings is 2. The lowest BCUT2D eigenvalue weighted by Gasteiger charge is -2.12. The number of nitrogens with one attached hydrogen (secondary N) is 2. The van der Waals surface area contributed by atoms with E-state index in [0.717, 1.165) is 25.7 Å². The summed E-state index contributed by atoms with van der Waals surface area (Å²) in [6.07, 6.45) is 4.10. The first kappa shape index (κ1) is 16.3. The molecule has 0 saturated heterocycles. The number of fused-ring (bicyclic) bond motifs is 1. The quantitative estimate of drug-likeness (QED) is 0.827. The number of hydrogen-bond acceptors (Lipinski definition) is 4. The molecule has 1 saturated carbocycles. The first-order valence-corrected chi connectivity index (χ1v) is 8.69. The molecule has 2 aromatic rings. The molecule has 26 heavy (non-hydrogen) atoms. The standard InChI is InChI=1S/C20H18N2O4/c23-18(12-4-1-2-5-12)21-13-6-3-7-14(10-13)26-15-8-9-16-17(11-15)20(25)22-19(16)24/h3,6-12H,1-2,4-5H2,(H,21,23)(H,22,24,25). The summed E-state index contributed by atoms with van der Waals surface area (Å²) < 4.78 is 5.79. The van der Waals surface area contributed by atoms with Crippen molar-refractivity contribution < 1.29 is 19.1 Å². The summed E-state index contributed by atoms with van der Waals surface area (Å²) in [5.74, 6) is 0.313. The van der Waals surface area contributed by atoms with Crippen molar-refractivity contribution in [2.75, 3.05) is 5.32 Å². The van der Waals surface area contributed by atoms with Gasteiger partial charge in [0.1, 0.15) is 11.5 Å². The van der Waals surface area contributed by atoms with Crippen LogP contribution in [0, 0.1) is 5.92 Å². The molecule has 4 rings (SSSR count). The average molecular weight is 350 g/mol. The molecule has 3 amide bonds. The van der Waals surface area contributed by atoms with Crippen molar-refractivity contribution in [2.24, 2.45) is 5.92 Å². The Morgan fingerprint density at radius 1 is 0.962 bits per heavy atom. The van der Waals surface area contributed by atoms with Gasteiger partial charge in [-0.25, -0.2) is 0 Å². The van der Waals surface area contributed by atoms with Crippen LogP contribution in [0.5, 0.6) is 11.5 Å². The van der Waals surface area contributed by atoms with Crippen LogP contribution in [0.4, 0.5) is 5.69 Å². The molecular weight excluding hydrogens is 332 g/mol. The van der Waals surface area contributed by atoms with Crippen molar-refractivity contribution in [3.63, 3.8) is 0 Å². The Morgan fingerprint density at radius 3 is 2.50 bits per heavy atom. The van der Waals surface area contributed by atoms with Gasteiger partial charge in [-0.05, 0) is 43.2 Å². The zero-order chi connectivity index (χ0) is 18.1. The third kappa shape index (κ3) is 3.18. The molecule has 1 aliphatic carbocycles. The number of carbonyl (C=O) groups excluding carboxylic acids is 3. The maximum Gasteiger partial charge on any atom is 0.259 e. The van der Waals surface area contributed by atoms with Gasteiger partial charge in [0.25, 0.3) is 11.8 Å². The number of imide groups is 1. The number of carbonyl (C=O) groups is 3. The van der Waals surface area contributed by atoms with Crippen molar-refractivity contribution in [1.82, 2.24) is 5.32 Å². The van der Waals surface area contributed by atoms with Crippen LogP contribution in [0.15, 0.2) is 42.5 Å². The largest absolute Gasteiger partial charge is 0.457 e. The highest BCUT2D eigenvalue weighted by Gasteiger charge is 2.27. The van der Waals surface area contributed by atoms with Crippen LogP contribution in [0.25, 0.3) is 0 Å². The predicted molar refractivity (Wildman–Crippen MR) is 95.3 cm³/mol. The zero-order valence-electron chi connectivity index (χ0n) is 14.1. The fraction of sp³-hybridized carbons (Fsp3) is 0.250. The van der Waals surface area contributed by atoms with Crippen LogP contribution < -0.4 is 15.4 Å². The second-order valence-electron chi connectivity index (χ2n) is 6.59. The molecule has 1 aliphatic heterocycles. The minimum atomic E-state index is -0.423. The maximum absolute atomic E-state index is 12.3. The summed E-state index contributed by atoms with van der Waals surface area (Å²) in [7, 11) is 0. The number of amides is 3. The van der Waals surface area contributed by atoms with E-state index in [2.05, 4.69) is 10.6 Å². The van der Waals surface area contributed by atoms with Gasteiger partial charge < -0.3 is 10.1 Å². The second kappa shape index (κ2) is 6.63. The average Bonchev–Trinajstić information content (AvgIpc) is 3.25. The molecule has 0 radical (unpaired) electrons. The Labute approximate surface area is 150 Å². The number of ether oxygens (including phenoxy) is 1. The van der Waals surface area contributed by atoms with Crippen molar-refractivity contribution in [2.45, 2.75) is 25.7 Å². The fourth-order valence-corrected chi connectivity index (χ4v) is 3.42. The number of rotatable bonds is 4. The monoisotopic (exact) mass is 350 g/mol. The van der Waals surface area contributed by atoms with Crippen molar-refractivity contribution in [1.29, 1.82) is 0 Å². The SMILES string of the molecule is O=C1NC(=O)c2cc(Oc3cccc(NC(=O)C4CCCC4)c3)ccc21. The number of anilines is 1. The highest BCUT2D eigenvalue weighted by atomic mass is 16.5. The van der Waals surface area contributed by atoms with E-state index in [0.29, 0.717) is 28.3 Å². The van der Waals surface area contributed by atoms with Crippen LogP contribution in [-0.2, 0) is 4.79 Å². The van der Waals surface area contributed by atoms with Crippen LogP contribution in [0.1, 0.15) is 46.4 Å². The molecule has 0 unspecified atom stereocenters. The van der Waals surface area contributed by atoms with E-state index in [1.807, 2.05) is 6.07 Å². The van der Waals surface area contributed by atoms with E-state index >= 15 is 0 Å². The summed E-state index contributed by atoms with van der Waals surface area (Å²) >= 11 is 0. The van der Waals surface area contributed by atoms with Crippen molar-refractivity contribution in [3.05, 3.63) is 53.6 Å². The highest BCUT2D eigenvalue weighted by molar-refractivity contribution is 6.21. The lowest BCUT2D eigenvalue weighted by Crippen LogP contribution is -2.20. The topological polar surface area (TPSA) is 84.5 Å². The Kier molecular flexibility index (Phi) is 4.16. The second-order valence-corrected chi connectivity index (χ2v) is 6.59. The number of hydrogen-bond donors (Lipinski definition) is 2. The van der Waals surface area contributed by atoms with Gasteiger partial charge in [-0.2, -0.15) is 0 Å². The van der Waals surface area contributed by atoms with Crippen LogP contribution in [-0.4, -0.2) is 17.7 Å². The molecule has 0 bridgehead atoms. The Hall–Kier alpha value is -3.15. The zero-order valence-corrected chi connectivity index (χ0v) is 14.1. The van der Waals surface area contributed by atoms with E-state index in [1.54, 1.807) is 36.4 Å². The summed E-state index contributed by atoms with van der Waals surface area (Å²) in [5, 5.41) is 5.19. The molecule has 2 aliphatic rings. The first-order valence-electron chi connectivity index (χ1n) is 8.69. The van der Waals surface area contributed by atoms with Gasteiger partial charge in [-0.15, -0.1) is 0 Å². The fourth-order valence-electron chi connectivity index (χ4n) is 3.42. The smallest absolute Gasteiger partial charge is 0.259 e. The van der Waals surface area contributed by atoms with Gasteiger partial charge in [0.05, 0.1) is 11.1 Å². The maximum atomic E-state index is 12.3. The normalized spacial score (nSPS) is 16.3. The molecule has 2 N–H and O–H groups in total. The van der Waals surface area contributed by atoms with Crippen molar-refractivity contribution in [3.8, 4) is 11.5 Å². The molecule has 6 heteroatoms. The molecular formula is C20H18N2O4. The molecule has 0 spiro atoms. The Balaban J connectivity index is 1.49. The van der Waals surface area contributed by atoms with Gasteiger partial charge in [-0.1, -0.05) is 18.9 Å². The van der Waals surface area contributed by atoms with Crippen LogP contribution in [0.3, 0.4) is 0 Å². The van der Waals surface area contributed by atoms with Gasteiger partial charge >= 0.3 is 0 Å². The van der Waals surface area contributed by atoms with Gasteiger partial charge in [0.2, 0.25) is 5.91 Å². The molecule has 0 aromatic heterocycles. The molecule has 132 valence electrons. The Morgan fingerprint density at radius 2 is 1.69 bits per heavy atom. The van der Waals surface area contributed by atoms with Crippen LogP contribution >= 0.6 is 0 Å². The van der Waals surface area contributed by atoms with E-state index in [1.165, 1.54) is 0 Å². The summed E-state index contributed by atoms with van der Waals surface area (Å²) in [6, 6.07) is 11.9. The van der Waals surface area contributed by atoms with Crippen LogP contribution in [0.2, 0.25) is 0 Å². The third-order valence-electron chi connectivity index (χ3n) is 4.77.